The average molecular weight is 647 g/mol. The van der Waals surface area contributed by atoms with E-state index in [0.717, 1.165) is 0 Å². The normalized spacial score (nSPS) is 10.7. The number of nitrogens with two attached hydrogens (primary N) is 4. The lowest BCUT2D eigenvalue weighted by Gasteiger charge is -2.18. The molecule has 0 aliphatic carbocycles. The van der Waals surface area contributed by atoms with Gasteiger partial charge in [0.1, 0.15) is 11.5 Å². The summed E-state index contributed by atoms with van der Waals surface area (Å²) in [4.78, 5) is 56.4. The van der Waals surface area contributed by atoms with Gasteiger partial charge >= 0.3 is 0 Å². The first-order valence-electron chi connectivity index (χ1n) is 15.2. The molecule has 0 radical (unpaired) electrons. The van der Waals surface area contributed by atoms with Gasteiger partial charge in [0.15, 0.2) is 23.1 Å². The van der Waals surface area contributed by atoms with Crippen LogP contribution in [0.5, 0.6) is 11.5 Å². The van der Waals surface area contributed by atoms with Gasteiger partial charge in [-0.05, 0) is 60.7 Å². The largest absolute Gasteiger partial charge is 0.456 e. The number of carbonyl (C=O) groups is 4. The van der Waals surface area contributed by atoms with Crippen LogP contribution in [0.1, 0.15) is 63.7 Å². The molecule has 0 fully saturated rings. The van der Waals surface area contributed by atoms with Gasteiger partial charge in [0.25, 0.3) is 0 Å². The van der Waals surface area contributed by atoms with Crippen LogP contribution in [0, 0.1) is 0 Å². The quantitative estimate of drug-likeness (QED) is 0.0926. The summed E-state index contributed by atoms with van der Waals surface area (Å²) in [5.74, 6) is -2.12. The van der Waals surface area contributed by atoms with Crippen LogP contribution in [0.3, 0.4) is 0 Å². The van der Waals surface area contributed by atoms with Crippen LogP contribution in [0.2, 0.25) is 0 Å². The van der Waals surface area contributed by atoms with E-state index in [1.165, 1.54) is 48.5 Å². The van der Waals surface area contributed by atoms with Crippen molar-refractivity contribution in [2.75, 3.05) is 22.9 Å². The van der Waals surface area contributed by atoms with E-state index in [2.05, 4.69) is 0 Å². The fraction of sp³-hybridized carbons (Fsp3) is 0. The SMILES string of the molecule is Nc1cccc(C(=O)c2cccc(Oc3cccc(C(=O)c4cccc(N)c4)c3C(=O)c3cccc(N)c3)c2C(=O)c2cccc(N)c2)c1. The number of ketones is 4. The van der Waals surface area contributed by atoms with Crippen molar-refractivity contribution in [3.63, 3.8) is 0 Å². The number of anilines is 4. The number of rotatable bonds is 10. The van der Waals surface area contributed by atoms with Crippen LogP contribution < -0.4 is 27.7 Å². The van der Waals surface area contributed by atoms with Crippen molar-refractivity contribution in [3.8, 4) is 11.5 Å². The van der Waals surface area contributed by atoms with E-state index in [0.29, 0.717) is 22.7 Å². The van der Waals surface area contributed by atoms with Crippen molar-refractivity contribution in [2.24, 2.45) is 0 Å². The van der Waals surface area contributed by atoms with Gasteiger partial charge in [0.2, 0.25) is 0 Å². The van der Waals surface area contributed by atoms with Gasteiger partial charge in [0, 0.05) is 56.1 Å². The van der Waals surface area contributed by atoms with Crippen LogP contribution in [0.4, 0.5) is 22.7 Å². The Balaban J connectivity index is 1.56. The molecular formula is C40H30N4O5. The Kier molecular flexibility index (Phi) is 8.73. The molecule has 49 heavy (non-hydrogen) atoms. The number of hydrogen-bond donors (Lipinski definition) is 4. The Hall–Kier alpha value is -7.00. The summed E-state index contributed by atoms with van der Waals surface area (Å²) in [6, 6.07) is 34.6. The summed E-state index contributed by atoms with van der Waals surface area (Å²) in [5, 5.41) is 0. The Morgan fingerprint density at radius 1 is 0.367 bits per heavy atom. The highest BCUT2D eigenvalue weighted by atomic mass is 16.5. The monoisotopic (exact) mass is 646 g/mol. The number of hydrogen-bond acceptors (Lipinski definition) is 9. The maximum Gasteiger partial charge on any atom is 0.197 e. The van der Waals surface area contributed by atoms with E-state index in [4.69, 9.17) is 27.7 Å². The molecule has 6 rings (SSSR count). The van der Waals surface area contributed by atoms with Crippen molar-refractivity contribution in [1.29, 1.82) is 0 Å². The summed E-state index contributed by atoms with van der Waals surface area (Å²) in [7, 11) is 0. The molecule has 6 aromatic rings. The van der Waals surface area contributed by atoms with Gasteiger partial charge in [0.05, 0.1) is 11.1 Å². The Morgan fingerprint density at radius 2 is 0.653 bits per heavy atom. The summed E-state index contributed by atoms with van der Waals surface area (Å²) in [5.41, 5.74) is 26.2. The maximum absolute atomic E-state index is 14.2. The van der Waals surface area contributed by atoms with Gasteiger partial charge in [-0.2, -0.15) is 0 Å². The molecule has 0 unspecified atom stereocenters. The average Bonchev–Trinajstić information content (AvgIpc) is 3.10. The van der Waals surface area contributed by atoms with Gasteiger partial charge in [-0.25, -0.2) is 0 Å². The summed E-state index contributed by atoms with van der Waals surface area (Å²) >= 11 is 0. The molecule has 0 heterocycles. The summed E-state index contributed by atoms with van der Waals surface area (Å²) in [6.07, 6.45) is 0. The number of ether oxygens (including phenoxy) is 1. The lowest BCUT2D eigenvalue weighted by atomic mass is 9.91. The third-order valence-corrected chi connectivity index (χ3v) is 7.81. The molecule has 0 amide bonds. The molecule has 0 atom stereocenters. The number of benzene rings is 6. The minimum Gasteiger partial charge on any atom is -0.456 e. The highest BCUT2D eigenvalue weighted by Crippen LogP contribution is 2.36. The zero-order valence-corrected chi connectivity index (χ0v) is 26.1. The van der Waals surface area contributed by atoms with Crippen molar-refractivity contribution in [2.45, 2.75) is 0 Å². The zero-order valence-electron chi connectivity index (χ0n) is 26.1. The van der Waals surface area contributed by atoms with E-state index in [-0.39, 0.29) is 56.0 Å². The van der Waals surface area contributed by atoms with Gasteiger partial charge in [-0.3, -0.25) is 19.2 Å². The van der Waals surface area contributed by atoms with Gasteiger partial charge in [-0.1, -0.05) is 72.8 Å². The minimum atomic E-state index is -0.550. The molecule has 0 aromatic heterocycles. The fourth-order valence-electron chi connectivity index (χ4n) is 5.52. The predicted molar refractivity (Wildman–Crippen MR) is 190 cm³/mol. The Bertz CT molecular complexity index is 2140. The molecule has 8 N–H and O–H groups in total. The molecule has 9 heteroatoms. The van der Waals surface area contributed by atoms with E-state index < -0.39 is 23.1 Å². The second-order valence-corrected chi connectivity index (χ2v) is 11.3. The highest BCUT2D eigenvalue weighted by Gasteiger charge is 2.28. The van der Waals surface area contributed by atoms with Gasteiger partial charge in [-0.15, -0.1) is 0 Å². The second kappa shape index (κ2) is 13.4. The molecule has 240 valence electrons. The second-order valence-electron chi connectivity index (χ2n) is 11.3. The molecule has 0 aliphatic rings. The van der Waals surface area contributed by atoms with E-state index in [1.807, 2.05) is 0 Å². The first kappa shape index (κ1) is 32.0. The molecule has 0 bridgehead atoms. The summed E-state index contributed by atoms with van der Waals surface area (Å²) < 4.78 is 6.43. The predicted octanol–water partition coefficient (Wildman–Crippen LogP) is 6.73. The molecule has 0 spiro atoms. The number of nitrogen functional groups attached to an aromatic ring is 4. The summed E-state index contributed by atoms with van der Waals surface area (Å²) in [6.45, 7) is 0. The smallest absolute Gasteiger partial charge is 0.197 e. The lowest BCUT2D eigenvalue weighted by Crippen LogP contribution is -2.15. The molecule has 0 saturated carbocycles. The van der Waals surface area contributed by atoms with Crippen molar-refractivity contribution in [3.05, 3.63) is 178 Å². The van der Waals surface area contributed by atoms with Crippen LogP contribution in [0.25, 0.3) is 0 Å². The standard InChI is InChI=1S/C40H30N4O5/c41-27-11-1-7-23(19-27)37(45)31-15-5-17-33(35(31)39(47)25-9-3-13-29(43)21-25)49-34-18-6-16-32(38(46)24-8-2-12-28(42)20-24)36(34)40(48)26-10-4-14-30(44)22-26/h1-22H,41-44H2. The Morgan fingerprint density at radius 3 is 0.959 bits per heavy atom. The first-order chi connectivity index (χ1) is 23.6. The first-order valence-corrected chi connectivity index (χ1v) is 15.2. The van der Waals surface area contributed by atoms with E-state index in [1.54, 1.807) is 84.9 Å². The zero-order chi connectivity index (χ0) is 34.7. The Labute approximate surface area is 281 Å². The lowest BCUT2D eigenvalue weighted by molar-refractivity contribution is 0.0998. The van der Waals surface area contributed by atoms with Crippen LogP contribution in [0.15, 0.2) is 133 Å². The molecule has 0 aliphatic heterocycles. The fourth-order valence-corrected chi connectivity index (χ4v) is 5.52. The molecule has 6 aromatic carbocycles. The van der Waals surface area contributed by atoms with Crippen LogP contribution in [-0.4, -0.2) is 23.1 Å². The van der Waals surface area contributed by atoms with E-state index >= 15 is 0 Å². The van der Waals surface area contributed by atoms with Crippen LogP contribution in [-0.2, 0) is 0 Å². The van der Waals surface area contributed by atoms with Crippen molar-refractivity contribution in [1.82, 2.24) is 0 Å². The third-order valence-electron chi connectivity index (χ3n) is 7.81. The van der Waals surface area contributed by atoms with Gasteiger partial charge < -0.3 is 27.7 Å². The number of carbonyl (C=O) groups excluding carboxylic acids is 4. The molecule has 0 saturated heterocycles. The molecular weight excluding hydrogens is 616 g/mol. The maximum atomic E-state index is 14.2. The third kappa shape index (κ3) is 6.63. The topological polar surface area (TPSA) is 182 Å². The highest BCUT2D eigenvalue weighted by molar-refractivity contribution is 6.22. The molecule has 9 nitrogen and oxygen atoms in total. The van der Waals surface area contributed by atoms with E-state index in [9.17, 15) is 19.2 Å². The van der Waals surface area contributed by atoms with Crippen molar-refractivity contribution < 1.29 is 23.9 Å². The minimum absolute atomic E-state index is 0.0302. The van der Waals surface area contributed by atoms with Crippen LogP contribution >= 0.6 is 0 Å². The van der Waals surface area contributed by atoms with Crippen molar-refractivity contribution >= 4 is 45.9 Å².